The molecule has 0 saturated heterocycles. The summed E-state index contributed by atoms with van der Waals surface area (Å²) < 4.78 is 22.2. The molecule has 2 unspecified atom stereocenters. The minimum Gasteiger partial charge on any atom is -0.496 e. The monoisotopic (exact) mass is 366 g/mol. The summed E-state index contributed by atoms with van der Waals surface area (Å²) in [5.74, 6) is 0.209. The quantitative estimate of drug-likeness (QED) is 0.818. The highest BCUT2D eigenvalue weighted by Crippen LogP contribution is 2.55. The standard InChI is InChI=1S/C18H19ClO6/c1-8-6-10(20)9(2)17(24-5)18(8)16(21)13-11(22-3)7-12(23-4)14(19)15(13)25-18/h7-8H,6H2,1-5H3. The third-order valence-corrected chi connectivity index (χ3v) is 5.26. The molecule has 1 aliphatic heterocycles. The van der Waals surface area contributed by atoms with Gasteiger partial charge in [0.25, 0.3) is 0 Å². The molecule has 3 rings (SSSR count). The summed E-state index contributed by atoms with van der Waals surface area (Å²) in [6.45, 7) is 3.42. The molecule has 0 N–H and O–H groups in total. The lowest BCUT2D eigenvalue weighted by Crippen LogP contribution is -2.52. The average Bonchev–Trinajstić information content (AvgIpc) is 2.90. The molecule has 0 bridgehead atoms. The third-order valence-electron chi connectivity index (χ3n) is 4.90. The van der Waals surface area contributed by atoms with Crippen molar-refractivity contribution in [2.45, 2.75) is 25.9 Å². The van der Waals surface area contributed by atoms with Crippen LogP contribution in [0.4, 0.5) is 0 Å². The van der Waals surface area contributed by atoms with E-state index in [1.54, 1.807) is 19.9 Å². The Morgan fingerprint density at radius 1 is 1.16 bits per heavy atom. The number of carbonyl (C=O) groups excluding carboxylic acids is 2. The van der Waals surface area contributed by atoms with Gasteiger partial charge < -0.3 is 18.9 Å². The molecule has 134 valence electrons. The number of allylic oxidation sites excluding steroid dienone is 1. The number of Topliss-reactive ketones (excluding diaryl/α,β-unsaturated/α-hetero) is 2. The molecule has 2 aliphatic rings. The van der Waals surface area contributed by atoms with Gasteiger partial charge in [-0.3, -0.25) is 9.59 Å². The lowest BCUT2D eigenvalue weighted by molar-refractivity contribution is -0.119. The fourth-order valence-corrected chi connectivity index (χ4v) is 3.85. The number of hydrogen-bond donors (Lipinski definition) is 0. The molecule has 2 atom stereocenters. The van der Waals surface area contributed by atoms with Crippen LogP contribution in [0.5, 0.6) is 17.2 Å². The molecule has 0 aromatic heterocycles. The van der Waals surface area contributed by atoms with E-state index < -0.39 is 11.5 Å². The molecule has 1 spiro atoms. The van der Waals surface area contributed by atoms with Gasteiger partial charge in [-0.1, -0.05) is 18.5 Å². The van der Waals surface area contributed by atoms with Gasteiger partial charge in [0.05, 0.1) is 21.3 Å². The van der Waals surface area contributed by atoms with Crippen molar-refractivity contribution in [1.82, 2.24) is 0 Å². The molecule has 1 heterocycles. The minimum atomic E-state index is -1.43. The summed E-state index contributed by atoms with van der Waals surface area (Å²) in [7, 11) is 4.34. The number of rotatable bonds is 3. The Bertz CT molecular complexity index is 812. The summed E-state index contributed by atoms with van der Waals surface area (Å²) >= 11 is 6.37. The first-order valence-corrected chi connectivity index (χ1v) is 8.18. The maximum absolute atomic E-state index is 13.4. The van der Waals surface area contributed by atoms with Gasteiger partial charge in [-0.05, 0) is 6.92 Å². The summed E-state index contributed by atoms with van der Waals surface area (Å²) in [5.41, 5.74) is -0.820. The Labute approximate surface area is 150 Å². The Morgan fingerprint density at radius 2 is 1.80 bits per heavy atom. The summed E-state index contributed by atoms with van der Waals surface area (Å²) in [6.07, 6.45) is 0.176. The second kappa shape index (κ2) is 5.95. The lowest BCUT2D eigenvalue weighted by atomic mass is 9.73. The number of fused-ring (bicyclic) bond motifs is 1. The van der Waals surface area contributed by atoms with Crippen molar-refractivity contribution in [3.8, 4) is 17.2 Å². The molecule has 1 aromatic rings. The van der Waals surface area contributed by atoms with E-state index in [9.17, 15) is 9.59 Å². The SMILES string of the molecule is COC1=C(C)C(=O)CC(C)C12Oc1c(Cl)c(OC)cc(OC)c1C2=O. The lowest BCUT2D eigenvalue weighted by Gasteiger charge is -2.38. The normalized spacial score (nSPS) is 25.1. The predicted octanol–water partition coefficient (Wildman–Crippen LogP) is 3.20. The average molecular weight is 367 g/mol. The molecule has 0 radical (unpaired) electrons. The molecular weight excluding hydrogens is 348 g/mol. The van der Waals surface area contributed by atoms with E-state index in [1.807, 2.05) is 0 Å². The number of methoxy groups -OCH3 is 3. The van der Waals surface area contributed by atoms with E-state index >= 15 is 0 Å². The van der Waals surface area contributed by atoms with E-state index in [0.29, 0.717) is 17.1 Å². The van der Waals surface area contributed by atoms with Gasteiger partial charge in [0.1, 0.15) is 22.1 Å². The number of halogens is 1. The Balaban J connectivity index is 2.30. The van der Waals surface area contributed by atoms with Crippen LogP contribution in [-0.4, -0.2) is 38.5 Å². The molecule has 1 aliphatic carbocycles. The van der Waals surface area contributed by atoms with Crippen LogP contribution < -0.4 is 14.2 Å². The topological polar surface area (TPSA) is 71.1 Å². The van der Waals surface area contributed by atoms with E-state index in [2.05, 4.69) is 0 Å². The van der Waals surface area contributed by atoms with Crippen LogP contribution >= 0.6 is 11.6 Å². The summed E-state index contributed by atoms with van der Waals surface area (Å²) in [5, 5.41) is 0.181. The number of ketones is 2. The molecule has 0 fully saturated rings. The second-order valence-corrected chi connectivity index (χ2v) is 6.53. The minimum absolute atomic E-state index is 0.0713. The number of benzene rings is 1. The van der Waals surface area contributed by atoms with Crippen LogP contribution in [0.1, 0.15) is 30.6 Å². The zero-order valence-electron chi connectivity index (χ0n) is 14.7. The van der Waals surface area contributed by atoms with Gasteiger partial charge in [-0.25, -0.2) is 0 Å². The first-order chi connectivity index (χ1) is 11.8. The van der Waals surface area contributed by atoms with Crippen LogP contribution in [0.2, 0.25) is 5.02 Å². The van der Waals surface area contributed by atoms with E-state index in [4.69, 9.17) is 30.5 Å². The van der Waals surface area contributed by atoms with Gasteiger partial charge in [0, 0.05) is 24.0 Å². The molecule has 6 nitrogen and oxygen atoms in total. The summed E-state index contributed by atoms with van der Waals surface area (Å²) in [4.78, 5) is 25.6. The molecule has 0 saturated carbocycles. The highest BCUT2D eigenvalue weighted by Gasteiger charge is 2.61. The predicted molar refractivity (Wildman–Crippen MR) is 90.7 cm³/mol. The largest absolute Gasteiger partial charge is 0.496 e. The maximum atomic E-state index is 13.4. The smallest absolute Gasteiger partial charge is 0.231 e. The summed E-state index contributed by atoms with van der Waals surface area (Å²) in [6, 6.07) is 1.54. The van der Waals surface area contributed by atoms with Crippen LogP contribution in [-0.2, 0) is 9.53 Å². The van der Waals surface area contributed by atoms with Crippen molar-refractivity contribution in [1.29, 1.82) is 0 Å². The molecule has 7 heteroatoms. The van der Waals surface area contributed by atoms with Crippen LogP contribution in [0.15, 0.2) is 17.4 Å². The van der Waals surface area contributed by atoms with E-state index in [-0.39, 0.29) is 40.1 Å². The van der Waals surface area contributed by atoms with E-state index in [0.717, 1.165) is 0 Å². The highest BCUT2D eigenvalue weighted by molar-refractivity contribution is 6.35. The molecule has 25 heavy (non-hydrogen) atoms. The zero-order valence-corrected chi connectivity index (χ0v) is 15.4. The molecule has 0 amide bonds. The van der Waals surface area contributed by atoms with Gasteiger partial charge in [-0.15, -0.1) is 0 Å². The first kappa shape index (κ1) is 17.6. The van der Waals surface area contributed by atoms with E-state index in [1.165, 1.54) is 21.3 Å². The van der Waals surface area contributed by atoms with Gasteiger partial charge in [-0.2, -0.15) is 0 Å². The Morgan fingerprint density at radius 3 is 2.36 bits per heavy atom. The maximum Gasteiger partial charge on any atom is 0.231 e. The van der Waals surface area contributed by atoms with Crippen LogP contribution in [0.3, 0.4) is 0 Å². The molecular formula is C18H19ClO6. The second-order valence-electron chi connectivity index (χ2n) is 6.15. The first-order valence-electron chi connectivity index (χ1n) is 7.80. The van der Waals surface area contributed by atoms with Gasteiger partial charge in [0.2, 0.25) is 11.4 Å². The van der Waals surface area contributed by atoms with Crippen molar-refractivity contribution in [3.05, 3.63) is 28.0 Å². The third kappa shape index (κ3) is 2.16. The number of carbonyl (C=O) groups is 2. The van der Waals surface area contributed by atoms with Crippen LogP contribution in [0.25, 0.3) is 0 Å². The highest BCUT2D eigenvalue weighted by atomic mass is 35.5. The van der Waals surface area contributed by atoms with Crippen LogP contribution in [0, 0.1) is 5.92 Å². The van der Waals surface area contributed by atoms with Crippen molar-refractivity contribution >= 4 is 23.2 Å². The fraction of sp³-hybridized carbons (Fsp3) is 0.444. The van der Waals surface area contributed by atoms with Crippen molar-refractivity contribution in [2.75, 3.05) is 21.3 Å². The van der Waals surface area contributed by atoms with Crippen molar-refractivity contribution in [3.63, 3.8) is 0 Å². The van der Waals surface area contributed by atoms with Crippen molar-refractivity contribution in [2.24, 2.45) is 5.92 Å². The van der Waals surface area contributed by atoms with Crippen molar-refractivity contribution < 1.29 is 28.5 Å². The molecule has 1 aromatic carbocycles. The Kier molecular flexibility index (Phi) is 4.19. The fourth-order valence-electron chi connectivity index (χ4n) is 3.58. The number of hydrogen-bond acceptors (Lipinski definition) is 6. The zero-order chi connectivity index (χ0) is 18.5. The Hall–Kier alpha value is -2.21. The number of ether oxygens (including phenoxy) is 4. The van der Waals surface area contributed by atoms with Gasteiger partial charge in [0.15, 0.2) is 17.3 Å². The van der Waals surface area contributed by atoms with Gasteiger partial charge >= 0.3 is 0 Å².